The summed E-state index contributed by atoms with van der Waals surface area (Å²) in [5, 5.41) is 9.40. The third-order valence-electron chi connectivity index (χ3n) is 10.0. The van der Waals surface area contributed by atoms with Crippen molar-refractivity contribution < 1.29 is 17.6 Å². The zero-order valence-corrected chi connectivity index (χ0v) is 32.9. The Kier molecular flexibility index (Phi) is 11.4. The molecule has 2 saturated heterocycles. The quantitative estimate of drug-likeness (QED) is 0.125. The Balaban J connectivity index is 0.000000139. The topological polar surface area (TPSA) is 92.6 Å². The van der Waals surface area contributed by atoms with Crippen molar-refractivity contribution in [2.45, 2.75) is 44.7 Å². The van der Waals surface area contributed by atoms with Crippen LogP contribution in [-0.2, 0) is 0 Å². The van der Waals surface area contributed by atoms with Crippen molar-refractivity contribution >= 4 is 38.9 Å². The van der Waals surface area contributed by atoms with E-state index in [1.165, 1.54) is 24.3 Å². The fourth-order valence-electron chi connectivity index (χ4n) is 7.44. The van der Waals surface area contributed by atoms with Crippen LogP contribution in [0, 0.1) is 30.5 Å². The molecule has 0 amide bonds. The molecule has 0 unspecified atom stereocenters. The summed E-state index contributed by atoms with van der Waals surface area (Å²) < 4.78 is 57.1. The van der Waals surface area contributed by atoms with Crippen LogP contribution in [0.3, 0.4) is 0 Å². The van der Waals surface area contributed by atoms with Gasteiger partial charge in [0.25, 0.3) is 0 Å². The number of hydrogen-bond acceptors (Lipinski definition) is 8. The summed E-state index contributed by atoms with van der Waals surface area (Å²) in [7, 11) is 0. The van der Waals surface area contributed by atoms with Gasteiger partial charge in [-0.1, -0.05) is 36.4 Å². The lowest BCUT2D eigenvalue weighted by molar-refractivity contribution is 0.580. The largest absolute Gasteiger partial charge is 0.348 e. The summed E-state index contributed by atoms with van der Waals surface area (Å²) in [6.45, 7) is 3.51. The van der Waals surface area contributed by atoms with Gasteiger partial charge in [-0.25, -0.2) is 37.7 Å². The van der Waals surface area contributed by atoms with E-state index in [1.54, 1.807) is 76.9 Å². The second-order valence-corrected chi connectivity index (χ2v) is 14.7. The molecule has 58 heavy (non-hydrogen) atoms. The Morgan fingerprint density at radius 2 is 1.12 bits per heavy atom. The van der Waals surface area contributed by atoms with Crippen LogP contribution >= 0.6 is 15.9 Å². The molecule has 0 bridgehead atoms. The van der Waals surface area contributed by atoms with Crippen LogP contribution < -0.4 is 9.80 Å². The van der Waals surface area contributed by atoms with E-state index >= 15 is 0 Å². The Morgan fingerprint density at radius 1 is 0.586 bits per heavy atom. The molecule has 2 atom stereocenters. The maximum Gasteiger partial charge on any atom is 0.213 e. The number of rotatable bonds is 5. The molecule has 2 aliphatic rings. The molecule has 2 fully saturated rings. The van der Waals surface area contributed by atoms with E-state index in [4.69, 9.17) is 5.10 Å². The molecule has 8 aromatic rings. The van der Waals surface area contributed by atoms with E-state index in [-0.39, 0.29) is 23.7 Å². The van der Waals surface area contributed by atoms with Gasteiger partial charge in [0.15, 0.2) is 11.3 Å². The average molecular weight is 850 g/mol. The predicted molar refractivity (Wildman–Crippen MR) is 217 cm³/mol. The van der Waals surface area contributed by atoms with Gasteiger partial charge in [-0.15, -0.1) is 10.2 Å². The van der Waals surface area contributed by atoms with Gasteiger partial charge < -0.3 is 9.80 Å². The smallest absolute Gasteiger partial charge is 0.213 e. The Bertz CT molecular complexity index is 2670. The van der Waals surface area contributed by atoms with Gasteiger partial charge in [0, 0.05) is 18.8 Å². The number of fused-ring (bicyclic) bond motifs is 2. The summed E-state index contributed by atoms with van der Waals surface area (Å²) >= 11 is 3.45. The Hall–Kier alpha value is -6.22. The number of imidazole rings is 2. The molecule has 0 saturated carbocycles. The second kappa shape index (κ2) is 17.1. The number of benzene rings is 2. The van der Waals surface area contributed by atoms with Gasteiger partial charge in [0.2, 0.25) is 11.9 Å². The maximum atomic E-state index is 13.7. The van der Waals surface area contributed by atoms with Gasteiger partial charge in [-0.05, 0) is 132 Å². The molecule has 10 nitrogen and oxygen atoms in total. The highest BCUT2D eigenvalue weighted by Gasteiger charge is 2.29. The van der Waals surface area contributed by atoms with E-state index in [1.807, 2.05) is 36.4 Å². The third kappa shape index (κ3) is 8.54. The summed E-state index contributed by atoms with van der Waals surface area (Å²) in [4.78, 5) is 20.5. The van der Waals surface area contributed by atoms with Crippen LogP contribution in [0.2, 0.25) is 0 Å². The molecule has 0 N–H and O–H groups in total. The highest BCUT2D eigenvalue weighted by molar-refractivity contribution is 9.10. The fourth-order valence-corrected chi connectivity index (χ4v) is 7.81. The Labute approximate surface area is 340 Å². The molecule has 10 rings (SSSR count). The van der Waals surface area contributed by atoms with Gasteiger partial charge in [-0.2, -0.15) is 8.78 Å². The van der Waals surface area contributed by atoms with Crippen LogP contribution in [0.5, 0.6) is 0 Å². The normalized spacial score (nSPS) is 16.3. The molecular formula is C43H37BrF4N10. The average Bonchev–Trinajstić information content (AvgIpc) is 4.05. The molecule has 15 heteroatoms. The van der Waals surface area contributed by atoms with Gasteiger partial charge in [-0.3, -0.25) is 0 Å². The third-order valence-corrected chi connectivity index (χ3v) is 10.6. The fraction of sp³-hybridized carbons (Fsp3) is 0.209. The van der Waals surface area contributed by atoms with Crippen molar-refractivity contribution in [2.75, 3.05) is 22.9 Å². The lowest BCUT2D eigenvalue weighted by atomic mass is 10.0. The van der Waals surface area contributed by atoms with Crippen LogP contribution in [0.1, 0.15) is 54.6 Å². The lowest BCUT2D eigenvalue weighted by Crippen LogP contribution is -2.24. The number of nitrogens with zero attached hydrogens (tertiary/aromatic N) is 10. The minimum atomic E-state index is -0.547. The zero-order valence-electron chi connectivity index (χ0n) is 31.3. The van der Waals surface area contributed by atoms with E-state index in [2.05, 4.69) is 50.8 Å². The van der Waals surface area contributed by atoms with Crippen LogP contribution in [0.25, 0.3) is 22.7 Å². The first-order valence-corrected chi connectivity index (χ1v) is 19.6. The van der Waals surface area contributed by atoms with Gasteiger partial charge in [0.05, 0.1) is 30.2 Å². The zero-order chi connectivity index (χ0) is 40.2. The SMILES string of the molecule is Cc1cccc(F)n1.Fc1cccc([C@H]2CCCN2c2ccc3ncc(-c4cccc(F)n4)n3n2)c1.Fc1cccc([C@H]2CCCN2c2ccc3ncc(Br)n3n2)c1. The lowest BCUT2D eigenvalue weighted by Gasteiger charge is -2.26. The van der Waals surface area contributed by atoms with Gasteiger partial charge in [0.1, 0.15) is 33.6 Å². The van der Waals surface area contributed by atoms with Crippen molar-refractivity contribution in [3.05, 3.63) is 167 Å². The molecule has 2 aromatic carbocycles. The van der Waals surface area contributed by atoms with E-state index in [0.717, 1.165) is 71.8 Å². The molecular weight excluding hydrogens is 812 g/mol. The van der Waals surface area contributed by atoms with E-state index in [9.17, 15) is 17.6 Å². The van der Waals surface area contributed by atoms with Crippen molar-refractivity contribution in [3.63, 3.8) is 0 Å². The van der Waals surface area contributed by atoms with Crippen molar-refractivity contribution in [3.8, 4) is 11.4 Å². The highest BCUT2D eigenvalue weighted by Crippen LogP contribution is 2.37. The first-order chi connectivity index (χ1) is 28.2. The molecule has 294 valence electrons. The van der Waals surface area contributed by atoms with Crippen molar-refractivity contribution in [1.29, 1.82) is 0 Å². The molecule has 0 aliphatic carbocycles. The number of aryl methyl sites for hydroxylation is 1. The number of aromatic nitrogens is 8. The summed E-state index contributed by atoms with van der Waals surface area (Å²) in [6, 6.07) is 30.9. The molecule has 0 radical (unpaired) electrons. The van der Waals surface area contributed by atoms with Crippen LogP contribution in [0.4, 0.5) is 29.2 Å². The number of halogens is 5. The number of hydrogen-bond donors (Lipinski definition) is 0. The van der Waals surface area contributed by atoms with Crippen molar-refractivity contribution in [1.82, 2.24) is 39.2 Å². The van der Waals surface area contributed by atoms with E-state index in [0.29, 0.717) is 22.7 Å². The predicted octanol–water partition coefficient (Wildman–Crippen LogP) is 9.91. The van der Waals surface area contributed by atoms with Crippen LogP contribution in [0.15, 0.2) is 126 Å². The molecule has 6 aromatic heterocycles. The summed E-state index contributed by atoms with van der Waals surface area (Å²) in [5.41, 5.74) is 5.22. The van der Waals surface area contributed by atoms with Gasteiger partial charge >= 0.3 is 0 Å². The molecule has 2 aliphatic heterocycles. The summed E-state index contributed by atoms with van der Waals surface area (Å²) in [6.07, 6.45) is 7.40. The minimum Gasteiger partial charge on any atom is -0.348 e. The number of anilines is 2. The van der Waals surface area contributed by atoms with E-state index < -0.39 is 11.9 Å². The summed E-state index contributed by atoms with van der Waals surface area (Å²) in [5.74, 6) is 0.277. The molecule has 8 heterocycles. The maximum absolute atomic E-state index is 13.7. The first-order valence-electron chi connectivity index (χ1n) is 18.8. The number of pyridine rings is 2. The molecule has 0 spiro atoms. The minimum absolute atomic E-state index is 0.0694. The highest BCUT2D eigenvalue weighted by atomic mass is 79.9. The second-order valence-electron chi connectivity index (χ2n) is 13.9. The Morgan fingerprint density at radius 3 is 1.67 bits per heavy atom. The first kappa shape index (κ1) is 38.6. The monoisotopic (exact) mass is 848 g/mol. The van der Waals surface area contributed by atoms with Crippen LogP contribution in [-0.4, -0.2) is 52.3 Å². The van der Waals surface area contributed by atoms with Crippen molar-refractivity contribution in [2.24, 2.45) is 0 Å². The standard InChI is InChI=1S/C21H17F2N5.C16H14BrFN4.C6H6FN/c22-15-5-1-4-14(12-15)17-7-3-11-27(17)21-10-9-20-24-13-18(28(20)26-21)16-6-2-8-19(23)25-16;17-14-10-19-15-6-7-16(20-22(14)15)21-8-2-5-13(21)11-3-1-4-12(18)9-11;1-5-3-2-4-6(7)8-5/h1-2,4-6,8-10,12-13,17H,3,7,11H2;1,3-4,6-7,9-10,13H,2,5,8H2;2-4H,1H3/t17-;13-;/m11./s1.